The molecule has 1 N–H and O–H groups in total. The molecule has 0 saturated heterocycles. The first-order valence-corrected chi connectivity index (χ1v) is 7.47. The van der Waals surface area contributed by atoms with E-state index in [4.69, 9.17) is 9.47 Å². The Balaban J connectivity index is 2.79. The highest BCUT2D eigenvalue weighted by Gasteiger charge is 2.26. The molecule has 0 saturated carbocycles. The molecular formula is C17H26N2O2. The molecule has 1 aromatic carbocycles. The number of ether oxygens (including phenoxy) is 2. The number of nitrogens with zero attached hydrogens (tertiary/aromatic N) is 1. The van der Waals surface area contributed by atoms with E-state index in [0.29, 0.717) is 6.42 Å². The van der Waals surface area contributed by atoms with Crippen molar-refractivity contribution in [1.82, 2.24) is 5.32 Å². The fourth-order valence-corrected chi connectivity index (χ4v) is 2.41. The minimum Gasteiger partial charge on any atom is -0.493 e. The number of nitrogens with one attached hydrogen (secondary N) is 1. The number of hydrogen-bond donors (Lipinski definition) is 1. The van der Waals surface area contributed by atoms with Crippen LogP contribution in [0.2, 0.25) is 0 Å². The van der Waals surface area contributed by atoms with Crippen molar-refractivity contribution in [3.8, 4) is 17.6 Å². The predicted octanol–water partition coefficient (Wildman–Crippen LogP) is 3.31. The van der Waals surface area contributed by atoms with Crippen molar-refractivity contribution in [3.05, 3.63) is 23.8 Å². The van der Waals surface area contributed by atoms with Crippen LogP contribution in [0.3, 0.4) is 0 Å². The Hall–Kier alpha value is -1.73. The SMILES string of the molecule is CCNC(C)(C#N)CC(C)Oc1ccc(CC)cc1OC. The Morgan fingerprint density at radius 3 is 2.57 bits per heavy atom. The van der Waals surface area contributed by atoms with Crippen LogP contribution in [-0.4, -0.2) is 25.3 Å². The molecule has 116 valence electrons. The molecule has 2 atom stereocenters. The van der Waals surface area contributed by atoms with E-state index in [1.165, 1.54) is 5.56 Å². The lowest BCUT2D eigenvalue weighted by Gasteiger charge is -2.27. The summed E-state index contributed by atoms with van der Waals surface area (Å²) >= 11 is 0. The van der Waals surface area contributed by atoms with Gasteiger partial charge in [-0.2, -0.15) is 5.26 Å². The van der Waals surface area contributed by atoms with Gasteiger partial charge in [0.25, 0.3) is 0 Å². The van der Waals surface area contributed by atoms with Crippen molar-refractivity contribution < 1.29 is 9.47 Å². The molecule has 0 heterocycles. The molecule has 0 bridgehead atoms. The highest BCUT2D eigenvalue weighted by Crippen LogP contribution is 2.30. The lowest BCUT2D eigenvalue weighted by molar-refractivity contribution is 0.174. The van der Waals surface area contributed by atoms with Crippen molar-refractivity contribution in [3.63, 3.8) is 0 Å². The summed E-state index contributed by atoms with van der Waals surface area (Å²) in [6.45, 7) is 8.72. The smallest absolute Gasteiger partial charge is 0.161 e. The Morgan fingerprint density at radius 1 is 1.33 bits per heavy atom. The molecule has 0 spiro atoms. The third-order valence-corrected chi connectivity index (χ3v) is 3.47. The van der Waals surface area contributed by atoms with Gasteiger partial charge >= 0.3 is 0 Å². The van der Waals surface area contributed by atoms with E-state index < -0.39 is 5.54 Å². The lowest BCUT2D eigenvalue weighted by atomic mass is 9.96. The normalized spacial score (nSPS) is 14.9. The molecule has 21 heavy (non-hydrogen) atoms. The molecule has 1 aromatic rings. The van der Waals surface area contributed by atoms with Crippen molar-refractivity contribution in [2.75, 3.05) is 13.7 Å². The van der Waals surface area contributed by atoms with Crippen LogP contribution >= 0.6 is 0 Å². The molecular weight excluding hydrogens is 264 g/mol. The topological polar surface area (TPSA) is 54.3 Å². The zero-order valence-electron chi connectivity index (χ0n) is 13.7. The number of benzene rings is 1. The maximum atomic E-state index is 9.31. The summed E-state index contributed by atoms with van der Waals surface area (Å²) < 4.78 is 11.4. The Kier molecular flexibility index (Phi) is 6.51. The fraction of sp³-hybridized carbons (Fsp3) is 0.588. The molecule has 0 amide bonds. The molecule has 1 rings (SSSR count). The molecule has 0 fully saturated rings. The van der Waals surface area contributed by atoms with E-state index in [0.717, 1.165) is 24.5 Å². The van der Waals surface area contributed by atoms with Crippen LogP contribution in [0.1, 0.15) is 39.7 Å². The second-order valence-electron chi connectivity index (χ2n) is 5.45. The molecule has 0 aliphatic rings. The van der Waals surface area contributed by atoms with Gasteiger partial charge in [-0.1, -0.05) is 19.9 Å². The molecule has 0 aliphatic carbocycles. The van der Waals surface area contributed by atoms with Gasteiger partial charge in [0.2, 0.25) is 0 Å². The van der Waals surface area contributed by atoms with Crippen LogP contribution in [-0.2, 0) is 6.42 Å². The third kappa shape index (κ3) is 4.95. The lowest BCUT2D eigenvalue weighted by Crippen LogP contribution is -2.44. The molecule has 4 heteroatoms. The van der Waals surface area contributed by atoms with Crippen LogP contribution < -0.4 is 14.8 Å². The van der Waals surface area contributed by atoms with Crippen LogP contribution in [0, 0.1) is 11.3 Å². The minimum atomic E-state index is -0.579. The van der Waals surface area contributed by atoms with E-state index in [9.17, 15) is 5.26 Å². The van der Waals surface area contributed by atoms with Crippen molar-refractivity contribution in [2.24, 2.45) is 0 Å². The molecule has 0 aliphatic heterocycles. The molecule has 4 nitrogen and oxygen atoms in total. The first kappa shape index (κ1) is 17.3. The van der Waals surface area contributed by atoms with E-state index in [1.807, 2.05) is 39.0 Å². The number of rotatable bonds is 8. The molecule has 0 aromatic heterocycles. The van der Waals surface area contributed by atoms with Gasteiger partial charge in [0.05, 0.1) is 19.3 Å². The molecule has 0 radical (unpaired) electrons. The van der Waals surface area contributed by atoms with Gasteiger partial charge in [-0.3, -0.25) is 5.32 Å². The zero-order chi connectivity index (χ0) is 15.9. The quantitative estimate of drug-likeness (QED) is 0.798. The van der Waals surface area contributed by atoms with Gasteiger partial charge in [0.15, 0.2) is 11.5 Å². The van der Waals surface area contributed by atoms with E-state index in [-0.39, 0.29) is 6.10 Å². The highest BCUT2D eigenvalue weighted by atomic mass is 16.5. The second-order valence-corrected chi connectivity index (χ2v) is 5.45. The third-order valence-electron chi connectivity index (χ3n) is 3.47. The highest BCUT2D eigenvalue weighted by molar-refractivity contribution is 5.43. The van der Waals surface area contributed by atoms with Crippen LogP contribution in [0.5, 0.6) is 11.5 Å². The van der Waals surface area contributed by atoms with E-state index in [1.54, 1.807) is 7.11 Å². The van der Waals surface area contributed by atoms with Gasteiger partial charge < -0.3 is 9.47 Å². The van der Waals surface area contributed by atoms with Gasteiger partial charge in [0, 0.05) is 6.42 Å². The maximum absolute atomic E-state index is 9.31. The summed E-state index contributed by atoms with van der Waals surface area (Å²) in [5.41, 5.74) is 0.631. The summed E-state index contributed by atoms with van der Waals surface area (Å²) in [4.78, 5) is 0. The zero-order valence-corrected chi connectivity index (χ0v) is 13.7. The summed E-state index contributed by atoms with van der Waals surface area (Å²) in [5, 5.41) is 12.5. The largest absolute Gasteiger partial charge is 0.493 e. The summed E-state index contributed by atoms with van der Waals surface area (Å²) in [7, 11) is 1.64. The number of methoxy groups -OCH3 is 1. The second kappa shape index (κ2) is 7.90. The Labute approximate surface area is 128 Å². The standard InChI is InChI=1S/C17H26N2O2/c1-6-14-8-9-15(16(10-14)20-5)21-13(3)11-17(4,12-18)19-7-2/h8-10,13,19H,6-7,11H2,1-5H3. The summed E-state index contributed by atoms with van der Waals surface area (Å²) in [6.07, 6.45) is 1.48. The van der Waals surface area contributed by atoms with Crippen molar-refractivity contribution in [2.45, 2.75) is 52.2 Å². The monoisotopic (exact) mass is 290 g/mol. The Bertz CT molecular complexity index is 496. The van der Waals surface area contributed by atoms with Crippen LogP contribution in [0.15, 0.2) is 18.2 Å². The van der Waals surface area contributed by atoms with Crippen LogP contribution in [0.4, 0.5) is 0 Å². The number of aryl methyl sites for hydroxylation is 1. The summed E-state index contributed by atoms with van der Waals surface area (Å²) in [5.74, 6) is 1.46. The van der Waals surface area contributed by atoms with Gasteiger partial charge in [0.1, 0.15) is 5.54 Å². The van der Waals surface area contributed by atoms with Gasteiger partial charge in [-0.15, -0.1) is 0 Å². The first-order chi connectivity index (χ1) is 9.97. The molecule has 2 unspecified atom stereocenters. The first-order valence-electron chi connectivity index (χ1n) is 7.47. The number of nitriles is 1. The number of hydrogen-bond acceptors (Lipinski definition) is 4. The van der Waals surface area contributed by atoms with E-state index >= 15 is 0 Å². The Morgan fingerprint density at radius 2 is 2.05 bits per heavy atom. The van der Waals surface area contributed by atoms with Crippen LogP contribution in [0.25, 0.3) is 0 Å². The van der Waals surface area contributed by atoms with Crippen molar-refractivity contribution in [1.29, 1.82) is 5.26 Å². The van der Waals surface area contributed by atoms with Gasteiger partial charge in [-0.05, 0) is 44.5 Å². The predicted molar refractivity (Wildman–Crippen MR) is 84.8 cm³/mol. The maximum Gasteiger partial charge on any atom is 0.161 e. The fourth-order valence-electron chi connectivity index (χ4n) is 2.41. The van der Waals surface area contributed by atoms with Crippen molar-refractivity contribution >= 4 is 0 Å². The van der Waals surface area contributed by atoms with E-state index in [2.05, 4.69) is 18.3 Å². The average molecular weight is 290 g/mol. The minimum absolute atomic E-state index is 0.0879. The summed E-state index contributed by atoms with van der Waals surface area (Å²) in [6, 6.07) is 8.29. The van der Waals surface area contributed by atoms with Gasteiger partial charge in [-0.25, -0.2) is 0 Å². The average Bonchev–Trinajstić information content (AvgIpc) is 2.47.